The summed E-state index contributed by atoms with van der Waals surface area (Å²) >= 11 is 0. The third-order valence-corrected chi connectivity index (χ3v) is 4.35. The molecule has 1 aliphatic rings. The van der Waals surface area contributed by atoms with Gasteiger partial charge in [0, 0.05) is 24.7 Å². The molecule has 2 heteroatoms. The first-order valence-electron chi connectivity index (χ1n) is 7.18. The van der Waals surface area contributed by atoms with Gasteiger partial charge in [0.05, 0.1) is 0 Å². The Labute approximate surface area is 108 Å². The molecule has 0 aromatic rings. The van der Waals surface area contributed by atoms with E-state index >= 15 is 0 Å². The SMILES string of the molecule is CC(C)C(CNC1CC1)N(C)C(C)C(C)(C)C. The van der Waals surface area contributed by atoms with E-state index < -0.39 is 0 Å². The van der Waals surface area contributed by atoms with Gasteiger partial charge in [0.2, 0.25) is 0 Å². The number of hydrogen-bond donors (Lipinski definition) is 1. The van der Waals surface area contributed by atoms with Gasteiger partial charge in [-0.3, -0.25) is 4.90 Å². The van der Waals surface area contributed by atoms with Gasteiger partial charge in [-0.05, 0) is 38.1 Å². The fourth-order valence-corrected chi connectivity index (χ4v) is 2.32. The van der Waals surface area contributed by atoms with Gasteiger partial charge in [0.1, 0.15) is 0 Å². The second-order valence-corrected chi connectivity index (χ2v) is 7.20. The number of nitrogens with one attached hydrogen (secondary N) is 1. The van der Waals surface area contributed by atoms with Crippen LogP contribution in [0.2, 0.25) is 0 Å². The Balaban J connectivity index is 2.54. The van der Waals surface area contributed by atoms with Gasteiger partial charge in [0.15, 0.2) is 0 Å². The highest BCUT2D eigenvalue weighted by atomic mass is 15.2. The fourth-order valence-electron chi connectivity index (χ4n) is 2.32. The quantitative estimate of drug-likeness (QED) is 0.767. The molecular formula is C15H32N2. The molecule has 1 saturated carbocycles. The first-order chi connectivity index (χ1) is 7.73. The first kappa shape index (κ1) is 15.0. The molecule has 0 spiro atoms. The predicted octanol–water partition coefficient (Wildman–Crippen LogP) is 3.13. The maximum Gasteiger partial charge on any atom is 0.0243 e. The molecule has 1 fully saturated rings. The van der Waals surface area contributed by atoms with Crippen LogP contribution in [0.15, 0.2) is 0 Å². The van der Waals surface area contributed by atoms with Gasteiger partial charge in [-0.2, -0.15) is 0 Å². The molecule has 1 rings (SSSR count). The molecule has 1 N–H and O–H groups in total. The van der Waals surface area contributed by atoms with Crippen LogP contribution in [-0.4, -0.2) is 36.6 Å². The summed E-state index contributed by atoms with van der Waals surface area (Å²) in [5.74, 6) is 0.705. The molecule has 0 heterocycles. The third-order valence-electron chi connectivity index (χ3n) is 4.35. The Hall–Kier alpha value is -0.0800. The zero-order valence-electron chi connectivity index (χ0n) is 12.9. The van der Waals surface area contributed by atoms with E-state index in [0.717, 1.165) is 12.6 Å². The molecule has 2 atom stereocenters. The molecule has 0 aliphatic heterocycles. The summed E-state index contributed by atoms with van der Waals surface area (Å²) in [6, 6.07) is 2.07. The van der Waals surface area contributed by atoms with Crippen molar-refractivity contribution in [2.45, 2.75) is 72.5 Å². The lowest BCUT2D eigenvalue weighted by Crippen LogP contribution is -2.51. The molecule has 0 aromatic carbocycles. The highest BCUT2D eigenvalue weighted by Gasteiger charge is 2.31. The average Bonchev–Trinajstić information content (AvgIpc) is 2.98. The van der Waals surface area contributed by atoms with E-state index in [0.29, 0.717) is 23.4 Å². The van der Waals surface area contributed by atoms with Crippen molar-refractivity contribution in [3.05, 3.63) is 0 Å². The van der Waals surface area contributed by atoms with E-state index in [-0.39, 0.29) is 0 Å². The lowest BCUT2D eigenvalue weighted by molar-refractivity contribution is 0.0742. The molecule has 0 aromatic heterocycles. The minimum Gasteiger partial charge on any atom is -0.312 e. The Morgan fingerprint density at radius 3 is 2.06 bits per heavy atom. The van der Waals surface area contributed by atoms with Gasteiger partial charge in [-0.15, -0.1) is 0 Å². The van der Waals surface area contributed by atoms with Gasteiger partial charge >= 0.3 is 0 Å². The Morgan fingerprint density at radius 1 is 1.18 bits per heavy atom. The zero-order valence-corrected chi connectivity index (χ0v) is 12.9. The summed E-state index contributed by atoms with van der Waals surface area (Å²) in [5.41, 5.74) is 0.349. The summed E-state index contributed by atoms with van der Waals surface area (Å²) in [6.45, 7) is 15.2. The number of rotatable bonds is 6. The van der Waals surface area contributed by atoms with Crippen LogP contribution in [0.1, 0.15) is 54.4 Å². The summed E-state index contributed by atoms with van der Waals surface area (Å²) < 4.78 is 0. The van der Waals surface area contributed by atoms with E-state index in [9.17, 15) is 0 Å². The smallest absolute Gasteiger partial charge is 0.0243 e. The van der Waals surface area contributed by atoms with E-state index in [1.54, 1.807) is 0 Å². The largest absolute Gasteiger partial charge is 0.312 e. The van der Waals surface area contributed by atoms with E-state index in [4.69, 9.17) is 0 Å². The summed E-state index contributed by atoms with van der Waals surface area (Å²) in [4.78, 5) is 2.57. The maximum absolute atomic E-state index is 3.68. The first-order valence-corrected chi connectivity index (χ1v) is 7.18. The monoisotopic (exact) mass is 240 g/mol. The van der Waals surface area contributed by atoms with Crippen LogP contribution in [0.25, 0.3) is 0 Å². The zero-order chi connectivity index (χ0) is 13.2. The standard InChI is InChI=1S/C15H32N2/c1-11(2)14(10-16-13-8-9-13)17(7)12(3)15(4,5)6/h11-14,16H,8-10H2,1-7H3. The van der Waals surface area contributed by atoms with Crippen molar-refractivity contribution in [2.75, 3.05) is 13.6 Å². The van der Waals surface area contributed by atoms with Crippen LogP contribution in [-0.2, 0) is 0 Å². The Bertz CT molecular complexity index is 226. The molecule has 0 radical (unpaired) electrons. The van der Waals surface area contributed by atoms with Crippen LogP contribution in [0.3, 0.4) is 0 Å². The molecule has 2 nitrogen and oxygen atoms in total. The van der Waals surface area contributed by atoms with Crippen molar-refractivity contribution < 1.29 is 0 Å². The van der Waals surface area contributed by atoms with E-state index in [2.05, 4.69) is 58.8 Å². The van der Waals surface area contributed by atoms with Crippen LogP contribution in [0.4, 0.5) is 0 Å². The van der Waals surface area contributed by atoms with Gasteiger partial charge in [0.25, 0.3) is 0 Å². The second-order valence-electron chi connectivity index (χ2n) is 7.20. The van der Waals surface area contributed by atoms with Crippen molar-refractivity contribution in [3.8, 4) is 0 Å². The van der Waals surface area contributed by atoms with Crippen molar-refractivity contribution in [2.24, 2.45) is 11.3 Å². The van der Waals surface area contributed by atoms with Gasteiger partial charge in [-0.1, -0.05) is 34.6 Å². The van der Waals surface area contributed by atoms with Crippen LogP contribution < -0.4 is 5.32 Å². The van der Waals surface area contributed by atoms with E-state index in [1.165, 1.54) is 12.8 Å². The van der Waals surface area contributed by atoms with Gasteiger partial charge < -0.3 is 5.32 Å². The minimum absolute atomic E-state index is 0.349. The molecule has 2 unspecified atom stereocenters. The number of likely N-dealkylation sites (N-methyl/N-ethyl adjacent to an activating group) is 1. The summed E-state index contributed by atoms with van der Waals surface area (Å²) in [6.07, 6.45) is 2.76. The van der Waals surface area contributed by atoms with Crippen LogP contribution in [0.5, 0.6) is 0 Å². The highest BCUT2D eigenvalue weighted by molar-refractivity contribution is 4.88. The van der Waals surface area contributed by atoms with Crippen molar-refractivity contribution in [1.82, 2.24) is 10.2 Å². The maximum atomic E-state index is 3.68. The molecule has 1 aliphatic carbocycles. The molecular weight excluding hydrogens is 208 g/mol. The van der Waals surface area contributed by atoms with Gasteiger partial charge in [-0.25, -0.2) is 0 Å². The molecule has 0 saturated heterocycles. The number of nitrogens with zero attached hydrogens (tertiary/aromatic N) is 1. The average molecular weight is 240 g/mol. The van der Waals surface area contributed by atoms with Crippen LogP contribution >= 0.6 is 0 Å². The highest BCUT2D eigenvalue weighted by Crippen LogP contribution is 2.26. The van der Waals surface area contributed by atoms with E-state index in [1.807, 2.05) is 0 Å². The Morgan fingerprint density at radius 2 is 1.71 bits per heavy atom. The lowest BCUT2D eigenvalue weighted by atomic mass is 9.85. The molecule has 0 amide bonds. The second kappa shape index (κ2) is 5.71. The Kier molecular flexibility index (Phi) is 5.03. The normalized spacial score (nSPS) is 21.0. The molecule has 102 valence electrons. The van der Waals surface area contributed by atoms with Crippen molar-refractivity contribution in [3.63, 3.8) is 0 Å². The summed E-state index contributed by atoms with van der Waals surface area (Å²) in [5, 5.41) is 3.68. The van der Waals surface area contributed by atoms with Crippen molar-refractivity contribution in [1.29, 1.82) is 0 Å². The third kappa shape index (κ3) is 4.59. The topological polar surface area (TPSA) is 15.3 Å². The van der Waals surface area contributed by atoms with Crippen molar-refractivity contribution >= 4 is 0 Å². The summed E-state index contributed by atoms with van der Waals surface area (Å²) in [7, 11) is 2.29. The number of hydrogen-bond acceptors (Lipinski definition) is 2. The van der Waals surface area contributed by atoms with Crippen LogP contribution in [0, 0.1) is 11.3 Å². The molecule has 17 heavy (non-hydrogen) atoms. The fraction of sp³-hybridized carbons (Fsp3) is 1.00. The molecule has 0 bridgehead atoms. The minimum atomic E-state index is 0.349. The predicted molar refractivity (Wildman–Crippen MR) is 76.3 cm³/mol. The lowest BCUT2D eigenvalue weighted by Gasteiger charge is -2.42.